The number of amides is 1. The Bertz CT molecular complexity index is 1350. The van der Waals surface area contributed by atoms with Crippen LogP contribution in [0.5, 0.6) is 0 Å². The number of ether oxygens (including phenoxy) is 1. The summed E-state index contributed by atoms with van der Waals surface area (Å²) in [5.41, 5.74) is 0.732. The second-order valence-electron chi connectivity index (χ2n) is 6.90. The minimum absolute atomic E-state index is 0.0754. The van der Waals surface area contributed by atoms with Crippen molar-refractivity contribution in [1.29, 1.82) is 5.26 Å². The summed E-state index contributed by atoms with van der Waals surface area (Å²) in [5, 5.41) is 13.5. The van der Waals surface area contributed by atoms with Crippen molar-refractivity contribution < 1.29 is 27.1 Å². The molecule has 1 amide bonds. The van der Waals surface area contributed by atoms with Crippen LogP contribution in [0.4, 0.5) is 15.1 Å². The fraction of sp³-hybridized carbons (Fsp3) is 0.136. The fourth-order valence-electron chi connectivity index (χ4n) is 2.73. The predicted molar refractivity (Wildman–Crippen MR) is 121 cm³/mol. The lowest BCUT2D eigenvalue weighted by atomic mass is 10.1. The molecule has 3 rings (SSSR count). The first-order chi connectivity index (χ1) is 15.6. The van der Waals surface area contributed by atoms with Crippen LogP contribution < -0.4 is 10.0 Å². The molecule has 0 aliphatic rings. The van der Waals surface area contributed by atoms with Gasteiger partial charge >= 0.3 is 5.97 Å². The topological polar surface area (TPSA) is 125 Å². The number of thiophene rings is 1. The van der Waals surface area contributed by atoms with Crippen molar-refractivity contribution in [3.8, 4) is 6.07 Å². The molecule has 1 aromatic heterocycles. The standard InChI is InChI=1S/C22H18FN3O5S2/c1-13-3-4-15(11-19(13)33(29,30)26-18-7-5-17(23)6-8-18)22(28)31-14(2)20(27)25-21-16(12-24)9-10-32-21/h3-11,14,26H,1-2H3,(H,25,27). The molecule has 2 N–H and O–H groups in total. The molecule has 0 spiro atoms. The van der Waals surface area contributed by atoms with Gasteiger partial charge in [0.15, 0.2) is 6.10 Å². The summed E-state index contributed by atoms with van der Waals surface area (Å²) in [6.07, 6.45) is -1.20. The van der Waals surface area contributed by atoms with Gasteiger partial charge in [0.25, 0.3) is 15.9 Å². The van der Waals surface area contributed by atoms with Gasteiger partial charge in [-0.25, -0.2) is 17.6 Å². The summed E-state index contributed by atoms with van der Waals surface area (Å²) in [6, 6.07) is 12.2. The number of sulfonamides is 1. The average Bonchev–Trinajstić information content (AvgIpc) is 3.22. The molecule has 170 valence electrons. The van der Waals surface area contributed by atoms with E-state index in [-0.39, 0.29) is 21.7 Å². The second-order valence-corrected chi connectivity index (χ2v) is 9.47. The number of esters is 1. The summed E-state index contributed by atoms with van der Waals surface area (Å²) in [6.45, 7) is 2.91. The van der Waals surface area contributed by atoms with Gasteiger partial charge in [0, 0.05) is 5.69 Å². The number of aryl methyl sites for hydroxylation is 1. The summed E-state index contributed by atoms with van der Waals surface area (Å²) in [7, 11) is -4.09. The molecule has 3 aromatic rings. The molecule has 1 heterocycles. The highest BCUT2D eigenvalue weighted by Gasteiger charge is 2.23. The maximum atomic E-state index is 13.1. The minimum Gasteiger partial charge on any atom is -0.449 e. The number of benzene rings is 2. The van der Waals surface area contributed by atoms with Crippen LogP contribution in [0.25, 0.3) is 0 Å². The Morgan fingerprint density at radius 3 is 2.52 bits per heavy atom. The quantitative estimate of drug-likeness (QED) is 0.484. The van der Waals surface area contributed by atoms with Gasteiger partial charge in [-0.05, 0) is 67.3 Å². The molecule has 0 bridgehead atoms. The maximum Gasteiger partial charge on any atom is 0.338 e. The summed E-state index contributed by atoms with van der Waals surface area (Å²) in [4.78, 5) is 24.7. The molecule has 1 unspecified atom stereocenters. The van der Waals surface area contributed by atoms with Gasteiger partial charge < -0.3 is 10.1 Å². The number of carbonyl (C=O) groups excluding carboxylic acids is 2. The van der Waals surface area contributed by atoms with Crippen LogP contribution in [-0.4, -0.2) is 26.4 Å². The average molecular weight is 488 g/mol. The lowest BCUT2D eigenvalue weighted by Gasteiger charge is -2.15. The largest absolute Gasteiger partial charge is 0.449 e. The molecule has 1 atom stereocenters. The van der Waals surface area contributed by atoms with Crippen LogP contribution in [0.15, 0.2) is 58.8 Å². The molecular formula is C22H18FN3O5S2. The Balaban J connectivity index is 1.75. The first-order valence-corrected chi connectivity index (χ1v) is 11.9. The number of halogens is 1. The minimum atomic E-state index is -4.09. The van der Waals surface area contributed by atoms with Crippen molar-refractivity contribution in [2.24, 2.45) is 0 Å². The summed E-state index contributed by atoms with van der Waals surface area (Å²) >= 11 is 1.15. The third-order valence-electron chi connectivity index (χ3n) is 4.49. The van der Waals surface area contributed by atoms with E-state index in [0.29, 0.717) is 10.6 Å². The number of hydrogen-bond donors (Lipinski definition) is 2. The molecule has 0 aliphatic carbocycles. The van der Waals surface area contributed by atoms with Crippen LogP contribution in [-0.2, 0) is 19.6 Å². The van der Waals surface area contributed by atoms with E-state index in [1.807, 2.05) is 6.07 Å². The van der Waals surface area contributed by atoms with Gasteiger partial charge in [0.2, 0.25) is 0 Å². The van der Waals surface area contributed by atoms with Gasteiger partial charge in [0.1, 0.15) is 16.9 Å². The molecule has 0 aliphatic heterocycles. The number of anilines is 2. The van der Waals surface area contributed by atoms with Crippen molar-refractivity contribution in [3.05, 3.63) is 76.4 Å². The molecule has 33 heavy (non-hydrogen) atoms. The SMILES string of the molecule is Cc1ccc(C(=O)OC(C)C(=O)Nc2sccc2C#N)cc1S(=O)(=O)Nc1ccc(F)cc1. The molecule has 11 heteroatoms. The predicted octanol–water partition coefficient (Wildman–Crippen LogP) is 4.05. The lowest BCUT2D eigenvalue weighted by molar-refractivity contribution is -0.123. The normalized spacial score (nSPS) is 11.8. The van der Waals surface area contributed by atoms with E-state index >= 15 is 0 Å². The van der Waals surface area contributed by atoms with Gasteiger partial charge in [-0.2, -0.15) is 5.26 Å². The second kappa shape index (κ2) is 9.81. The van der Waals surface area contributed by atoms with Gasteiger partial charge in [-0.3, -0.25) is 9.52 Å². The van der Waals surface area contributed by atoms with E-state index in [2.05, 4.69) is 10.0 Å². The van der Waals surface area contributed by atoms with Crippen molar-refractivity contribution >= 4 is 43.9 Å². The molecule has 8 nitrogen and oxygen atoms in total. The number of nitrogens with one attached hydrogen (secondary N) is 2. The molecular weight excluding hydrogens is 469 g/mol. The zero-order valence-electron chi connectivity index (χ0n) is 17.5. The monoisotopic (exact) mass is 487 g/mol. The number of nitrogens with zero attached hydrogens (tertiary/aromatic N) is 1. The first-order valence-electron chi connectivity index (χ1n) is 9.49. The molecule has 2 aromatic carbocycles. The van der Waals surface area contributed by atoms with Crippen LogP contribution in [0.3, 0.4) is 0 Å². The van der Waals surface area contributed by atoms with E-state index in [4.69, 9.17) is 10.00 Å². The zero-order chi connectivity index (χ0) is 24.2. The van der Waals surface area contributed by atoms with E-state index in [1.54, 1.807) is 18.4 Å². The van der Waals surface area contributed by atoms with Gasteiger partial charge in [-0.15, -0.1) is 11.3 Å². The summed E-state index contributed by atoms with van der Waals surface area (Å²) < 4.78 is 46.2. The Kier molecular flexibility index (Phi) is 7.10. The summed E-state index contributed by atoms with van der Waals surface area (Å²) in [5.74, 6) is -2.05. The van der Waals surface area contributed by atoms with E-state index in [9.17, 15) is 22.4 Å². The van der Waals surface area contributed by atoms with Crippen LogP contribution in [0.2, 0.25) is 0 Å². The van der Waals surface area contributed by atoms with Crippen LogP contribution in [0, 0.1) is 24.1 Å². The molecule has 0 saturated carbocycles. The van der Waals surface area contributed by atoms with E-state index < -0.39 is 33.8 Å². The Hall–Kier alpha value is -3.75. The van der Waals surface area contributed by atoms with E-state index in [1.165, 1.54) is 31.2 Å². The Morgan fingerprint density at radius 2 is 1.85 bits per heavy atom. The number of hydrogen-bond acceptors (Lipinski definition) is 7. The van der Waals surface area contributed by atoms with Gasteiger partial charge in [-0.1, -0.05) is 6.07 Å². The Labute approximate surface area is 193 Å². The van der Waals surface area contributed by atoms with Gasteiger partial charge in [0.05, 0.1) is 16.0 Å². The first kappa shape index (κ1) is 23.9. The molecule has 0 radical (unpaired) electrons. The highest BCUT2D eigenvalue weighted by Crippen LogP contribution is 2.24. The van der Waals surface area contributed by atoms with Crippen molar-refractivity contribution in [2.45, 2.75) is 24.8 Å². The third-order valence-corrected chi connectivity index (χ3v) is 6.84. The Morgan fingerprint density at radius 1 is 1.15 bits per heavy atom. The maximum absolute atomic E-state index is 13.1. The van der Waals surface area contributed by atoms with E-state index in [0.717, 1.165) is 29.5 Å². The smallest absolute Gasteiger partial charge is 0.338 e. The zero-order valence-corrected chi connectivity index (χ0v) is 19.1. The van der Waals surface area contributed by atoms with Crippen LogP contribution >= 0.6 is 11.3 Å². The highest BCUT2D eigenvalue weighted by atomic mass is 32.2. The molecule has 0 fully saturated rings. The highest BCUT2D eigenvalue weighted by molar-refractivity contribution is 7.92. The fourth-order valence-corrected chi connectivity index (χ4v) is 4.81. The van der Waals surface area contributed by atoms with Crippen molar-refractivity contribution in [2.75, 3.05) is 10.0 Å². The lowest BCUT2D eigenvalue weighted by Crippen LogP contribution is -2.30. The van der Waals surface area contributed by atoms with Crippen molar-refractivity contribution in [3.63, 3.8) is 0 Å². The third kappa shape index (κ3) is 5.74. The van der Waals surface area contributed by atoms with Crippen LogP contribution in [0.1, 0.15) is 28.4 Å². The number of carbonyl (C=O) groups is 2. The number of nitriles is 1. The van der Waals surface area contributed by atoms with Crippen molar-refractivity contribution in [1.82, 2.24) is 0 Å². The molecule has 0 saturated heterocycles. The number of rotatable bonds is 7.